The Balaban J connectivity index is 1.37. The van der Waals surface area contributed by atoms with Gasteiger partial charge in [0.2, 0.25) is 5.91 Å². The normalized spacial score (nSPS) is 14.1. The lowest BCUT2D eigenvalue weighted by Gasteiger charge is -2.34. The molecule has 1 amide bonds. The van der Waals surface area contributed by atoms with Crippen molar-refractivity contribution in [2.24, 2.45) is 12.8 Å². The van der Waals surface area contributed by atoms with E-state index in [4.69, 9.17) is 15.5 Å². The fourth-order valence-electron chi connectivity index (χ4n) is 5.22. The summed E-state index contributed by atoms with van der Waals surface area (Å²) < 4.78 is 7.52. The Morgan fingerprint density at radius 2 is 1.90 bits per heavy atom. The molecule has 0 radical (unpaired) electrons. The third-order valence-electron chi connectivity index (χ3n) is 7.17. The van der Waals surface area contributed by atoms with Gasteiger partial charge in [0.15, 0.2) is 5.52 Å². The van der Waals surface area contributed by atoms with Crippen molar-refractivity contribution in [3.05, 3.63) is 64.1 Å². The number of H-pyrrole nitrogens is 1. The van der Waals surface area contributed by atoms with E-state index in [1.54, 1.807) is 23.9 Å². The van der Waals surface area contributed by atoms with Gasteiger partial charge < -0.3 is 25.7 Å². The number of carbonyl (C=O) groups excluding carboxylic acids is 1. The third kappa shape index (κ3) is 5.45. The van der Waals surface area contributed by atoms with Crippen LogP contribution in [0, 0.1) is 0 Å². The highest BCUT2D eigenvalue weighted by molar-refractivity contribution is 5.93. The molecule has 4 N–H and O–H groups in total. The standard InChI is InChI=1S/C29H35N7O3/c1-4-6-23-25-26(35(3)34-23)29(38)33-28(32-25)22-17-20(9-12-24(22)39-5-2)31-19-13-15-36(16-14-19)21-10-7-18(8-11-21)27(30)37/h7-12,17,19,31H,4-6,13-16H2,1-3H3,(H2,30,37)(H,32,33,38). The number of anilines is 2. The molecule has 1 aliphatic rings. The van der Waals surface area contributed by atoms with Gasteiger partial charge >= 0.3 is 0 Å². The molecule has 10 heteroatoms. The maximum atomic E-state index is 13.0. The number of benzene rings is 2. The number of nitrogens with one attached hydrogen (secondary N) is 2. The molecule has 0 unspecified atom stereocenters. The first-order valence-corrected chi connectivity index (χ1v) is 13.5. The fraction of sp³-hybridized carbons (Fsp3) is 0.379. The van der Waals surface area contributed by atoms with Crippen molar-refractivity contribution >= 4 is 28.3 Å². The molecule has 204 valence electrons. The fourth-order valence-corrected chi connectivity index (χ4v) is 5.22. The highest BCUT2D eigenvalue weighted by Gasteiger charge is 2.21. The zero-order valence-electron chi connectivity index (χ0n) is 22.7. The minimum Gasteiger partial charge on any atom is -0.493 e. The van der Waals surface area contributed by atoms with Gasteiger partial charge in [0.05, 0.1) is 17.9 Å². The summed E-state index contributed by atoms with van der Waals surface area (Å²) in [7, 11) is 1.77. The van der Waals surface area contributed by atoms with Crippen LogP contribution >= 0.6 is 0 Å². The smallest absolute Gasteiger partial charge is 0.277 e. The summed E-state index contributed by atoms with van der Waals surface area (Å²) in [6, 6.07) is 13.7. The Morgan fingerprint density at radius 3 is 2.56 bits per heavy atom. The van der Waals surface area contributed by atoms with Crippen molar-refractivity contribution in [1.29, 1.82) is 0 Å². The second kappa shape index (κ2) is 11.2. The van der Waals surface area contributed by atoms with E-state index in [2.05, 4.69) is 27.2 Å². The molecule has 0 saturated carbocycles. The number of ether oxygens (including phenoxy) is 1. The number of nitrogens with zero attached hydrogens (tertiary/aromatic N) is 4. The van der Waals surface area contributed by atoms with E-state index < -0.39 is 5.91 Å². The van der Waals surface area contributed by atoms with Crippen molar-refractivity contribution in [1.82, 2.24) is 19.7 Å². The molecular formula is C29H35N7O3. The predicted octanol–water partition coefficient (Wildman–Crippen LogP) is 3.85. The van der Waals surface area contributed by atoms with Gasteiger partial charge in [0, 0.05) is 43.1 Å². The molecule has 3 heterocycles. The number of aromatic nitrogens is 4. The number of piperidine rings is 1. The highest BCUT2D eigenvalue weighted by Crippen LogP contribution is 2.32. The molecule has 0 atom stereocenters. The Bertz CT molecular complexity index is 1530. The molecule has 1 fully saturated rings. The number of aryl methyl sites for hydroxylation is 2. The van der Waals surface area contributed by atoms with E-state index in [1.165, 1.54) is 0 Å². The maximum absolute atomic E-state index is 13.0. The number of fused-ring (bicyclic) bond motifs is 1. The lowest BCUT2D eigenvalue weighted by atomic mass is 10.0. The van der Waals surface area contributed by atoms with Gasteiger partial charge in [-0.25, -0.2) is 4.98 Å². The van der Waals surface area contributed by atoms with Crippen LogP contribution in [0.1, 0.15) is 49.2 Å². The van der Waals surface area contributed by atoms with Crippen LogP contribution in [0.4, 0.5) is 11.4 Å². The third-order valence-corrected chi connectivity index (χ3v) is 7.17. The zero-order valence-corrected chi connectivity index (χ0v) is 22.7. The molecule has 4 aromatic rings. The minimum absolute atomic E-state index is 0.218. The number of rotatable bonds is 9. The Morgan fingerprint density at radius 1 is 1.15 bits per heavy atom. The van der Waals surface area contributed by atoms with Crippen molar-refractivity contribution in [2.45, 2.75) is 45.6 Å². The number of hydrogen-bond acceptors (Lipinski definition) is 7. The van der Waals surface area contributed by atoms with Gasteiger partial charge in [-0.15, -0.1) is 0 Å². The van der Waals surface area contributed by atoms with Gasteiger partial charge in [0.25, 0.3) is 5.56 Å². The Hall–Kier alpha value is -4.34. The van der Waals surface area contributed by atoms with E-state index in [-0.39, 0.29) is 5.56 Å². The summed E-state index contributed by atoms with van der Waals surface area (Å²) in [5, 5.41) is 8.20. The molecule has 10 nitrogen and oxygen atoms in total. The molecule has 0 aliphatic carbocycles. The summed E-state index contributed by atoms with van der Waals surface area (Å²) in [5.41, 5.74) is 10.4. The number of nitrogens with two attached hydrogens (primary N) is 1. The SMILES string of the molecule is CCCc1nn(C)c2c(=O)[nH]c(-c3cc(NC4CCN(c5ccc(C(N)=O)cc5)CC4)ccc3OCC)nc12. The van der Waals surface area contributed by atoms with E-state index in [1.807, 2.05) is 37.3 Å². The van der Waals surface area contributed by atoms with E-state index in [0.29, 0.717) is 40.8 Å². The summed E-state index contributed by atoms with van der Waals surface area (Å²) in [6.45, 7) is 6.31. The van der Waals surface area contributed by atoms with Crippen LogP contribution in [0.3, 0.4) is 0 Å². The van der Waals surface area contributed by atoms with Crippen LogP contribution in [0.2, 0.25) is 0 Å². The quantitative estimate of drug-likeness (QED) is 0.300. The molecular weight excluding hydrogens is 494 g/mol. The Kier molecular flexibility index (Phi) is 7.53. The van der Waals surface area contributed by atoms with Gasteiger partial charge in [0.1, 0.15) is 17.1 Å². The highest BCUT2D eigenvalue weighted by atomic mass is 16.5. The van der Waals surface area contributed by atoms with E-state index >= 15 is 0 Å². The van der Waals surface area contributed by atoms with Crippen molar-refractivity contribution < 1.29 is 9.53 Å². The average Bonchev–Trinajstić information content (AvgIpc) is 3.25. The number of hydrogen-bond donors (Lipinski definition) is 3. The minimum atomic E-state index is -0.416. The molecule has 5 rings (SSSR count). The summed E-state index contributed by atoms with van der Waals surface area (Å²) in [5.74, 6) is 0.722. The summed E-state index contributed by atoms with van der Waals surface area (Å²) in [6.07, 6.45) is 3.58. The first-order valence-electron chi connectivity index (χ1n) is 13.5. The largest absolute Gasteiger partial charge is 0.493 e. The molecule has 0 spiro atoms. The number of amides is 1. The van der Waals surface area contributed by atoms with Crippen LogP contribution in [0.25, 0.3) is 22.4 Å². The van der Waals surface area contributed by atoms with Crippen LogP contribution in [-0.4, -0.2) is 51.4 Å². The number of carbonyl (C=O) groups is 1. The first kappa shape index (κ1) is 26.3. The van der Waals surface area contributed by atoms with Crippen LogP contribution in [0.5, 0.6) is 5.75 Å². The van der Waals surface area contributed by atoms with Crippen LogP contribution in [-0.2, 0) is 13.5 Å². The van der Waals surface area contributed by atoms with E-state index in [0.717, 1.165) is 61.4 Å². The number of primary amides is 1. The van der Waals surface area contributed by atoms with Crippen molar-refractivity contribution in [3.8, 4) is 17.1 Å². The summed E-state index contributed by atoms with van der Waals surface area (Å²) >= 11 is 0. The van der Waals surface area contributed by atoms with Crippen molar-refractivity contribution in [3.63, 3.8) is 0 Å². The predicted molar refractivity (Wildman–Crippen MR) is 154 cm³/mol. The second-order valence-electron chi connectivity index (χ2n) is 9.89. The second-order valence-corrected chi connectivity index (χ2v) is 9.89. The number of aromatic amines is 1. The maximum Gasteiger partial charge on any atom is 0.277 e. The monoisotopic (exact) mass is 529 g/mol. The van der Waals surface area contributed by atoms with E-state index in [9.17, 15) is 9.59 Å². The molecule has 1 aliphatic heterocycles. The molecule has 2 aromatic heterocycles. The molecule has 1 saturated heterocycles. The van der Waals surface area contributed by atoms with Crippen LogP contribution in [0.15, 0.2) is 47.3 Å². The molecule has 0 bridgehead atoms. The lowest BCUT2D eigenvalue weighted by molar-refractivity contribution is 0.100. The Labute approximate surface area is 227 Å². The van der Waals surface area contributed by atoms with Crippen LogP contribution < -0.4 is 26.2 Å². The van der Waals surface area contributed by atoms with Gasteiger partial charge in [-0.1, -0.05) is 13.3 Å². The first-order chi connectivity index (χ1) is 18.9. The summed E-state index contributed by atoms with van der Waals surface area (Å²) in [4.78, 5) is 34.5. The zero-order chi connectivity index (χ0) is 27.5. The van der Waals surface area contributed by atoms with Gasteiger partial charge in [-0.3, -0.25) is 14.3 Å². The van der Waals surface area contributed by atoms with Crippen molar-refractivity contribution in [2.75, 3.05) is 29.9 Å². The molecule has 2 aromatic carbocycles. The van der Waals surface area contributed by atoms with Gasteiger partial charge in [-0.2, -0.15) is 5.10 Å². The molecule has 39 heavy (non-hydrogen) atoms. The average molecular weight is 530 g/mol. The van der Waals surface area contributed by atoms with Gasteiger partial charge in [-0.05, 0) is 68.7 Å². The topological polar surface area (TPSA) is 131 Å². The lowest BCUT2D eigenvalue weighted by Crippen LogP contribution is -2.39.